The molecular formula is C31H33FN2O2. The standard InChI is InChI=1S/C31H33FN2O2/c1-20-11-12-26(27(32)14-20)23-16-24(29-19-31(36-34-29)28-10-6-7-13-33-28)18-25(17-23)30(35)15-21(2)22-8-4-3-5-9-22/h6-7,10-14,16-18,21-22,31H,3-5,8-9,15,19H2,1-2H3/t21-,31?/m0/s1. The zero-order valence-electron chi connectivity index (χ0n) is 21.0. The molecule has 2 aliphatic rings. The van der Waals surface area contributed by atoms with Gasteiger partial charge in [0, 0.05) is 35.7 Å². The van der Waals surface area contributed by atoms with Gasteiger partial charge >= 0.3 is 0 Å². The van der Waals surface area contributed by atoms with E-state index < -0.39 is 0 Å². The van der Waals surface area contributed by atoms with Crippen LogP contribution >= 0.6 is 0 Å². The fraction of sp³-hybridized carbons (Fsp3) is 0.387. The van der Waals surface area contributed by atoms with E-state index in [-0.39, 0.29) is 17.7 Å². The molecule has 3 aromatic rings. The largest absolute Gasteiger partial charge is 0.385 e. The topological polar surface area (TPSA) is 51.5 Å². The number of benzene rings is 2. The van der Waals surface area contributed by atoms with E-state index in [0.717, 1.165) is 22.5 Å². The van der Waals surface area contributed by atoms with Crippen LogP contribution in [0.2, 0.25) is 0 Å². The van der Waals surface area contributed by atoms with E-state index in [4.69, 9.17) is 4.84 Å². The predicted molar refractivity (Wildman–Crippen MR) is 140 cm³/mol. The van der Waals surface area contributed by atoms with Crippen molar-refractivity contribution >= 4 is 11.5 Å². The number of ketones is 1. The lowest BCUT2D eigenvalue weighted by atomic mass is 9.78. The first-order valence-electron chi connectivity index (χ1n) is 13.1. The average Bonchev–Trinajstić information content (AvgIpc) is 3.40. The van der Waals surface area contributed by atoms with Gasteiger partial charge in [0.2, 0.25) is 0 Å². The number of carbonyl (C=O) groups excluding carboxylic acids is 1. The van der Waals surface area contributed by atoms with Crippen molar-refractivity contribution in [1.29, 1.82) is 0 Å². The molecule has 186 valence electrons. The number of halogens is 1. The lowest BCUT2D eigenvalue weighted by molar-refractivity contribution is 0.0826. The molecule has 1 saturated carbocycles. The van der Waals surface area contributed by atoms with Gasteiger partial charge in [-0.05, 0) is 66.3 Å². The van der Waals surface area contributed by atoms with Gasteiger partial charge in [-0.1, -0.05) is 62.4 Å². The van der Waals surface area contributed by atoms with Gasteiger partial charge in [-0.2, -0.15) is 0 Å². The summed E-state index contributed by atoms with van der Waals surface area (Å²) in [5.74, 6) is 0.745. The van der Waals surface area contributed by atoms with Gasteiger partial charge in [-0.15, -0.1) is 0 Å². The number of aryl methyl sites for hydroxylation is 1. The first-order valence-corrected chi connectivity index (χ1v) is 13.1. The Morgan fingerprint density at radius 1 is 1.06 bits per heavy atom. The second kappa shape index (κ2) is 10.7. The molecular weight excluding hydrogens is 451 g/mol. The number of aromatic nitrogens is 1. The molecule has 0 radical (unpaired) electrons. The van der Waals surface area contributed by atoms with Crippen LogP contribution in [-0.2, 0) is 4.84 Å². The Bertz CT molecular complexity index is 1260. The first-order chi connectivity index (χ1) is 17.5. The van der Waals surface area contributed by atoms with Crippen LogP contribution in [0.5, 0.6) is 0 Å². The molecule has 1 aliphatic carbocycles. The summed E-state index contributed by atoms with van der Waals surface area (Å²) in [6.45, 7) is 4.07. The molecule has 0 saturated heterocycles. The van der Waals surface area contributed by atoms with Gasteiger partial charge in [0.1, 0.15) is 5.82 Å². The third-order valence-corrected chi connectivity index (χ3v) is 7.67. The summed E-state index contributed by atoms with van der Waals surface area (Å²) >= 11 is 0. The van der Waals surface area contributed by atoms with Crippen LogP contribution in [0.25, 0.3) is 11.1 Å². The number of carbonyl (C=O) groups is 1. The highest BCUT2D eigenvalue weighted by atomic mass is 19.1. The highest BCUT2D eigenvalue weighted by Crippen LogP contribution is 2.34. The minimum Gasteiger partial charge on any atom is -0.385 e. The molecule has 2 aromatic carbocycles. The maximum absolute atomic E-state index is 15.0. The number of Topliss-reactive ketones (excluding diaryl/α,β-unsaturated/α-hetero) is 1. The number of rotatable bonds is 7. The molecule has 1 aromatic heterocycles. The molecule has 5 rings (SSSR count). The highest BCUT2D eigenvalue weighted by molar-refractivity contribution is 6.05. The molecule has 0 N–H and O–H groups in total. The van der Waals surface area contributed by atoms with E-state index in [0.29, 0.717) is 41.4 Å². The van der Waals surface area contributed by atoms with Crippen molar-refractivity contribution in [2.75, 3.05) is 0 Å². The summed E-state index contributed by atoms with van der Waals surface area (Å²) in [7, 11) is 0. The van der Waals surface area contributed by atoms with Crippen LogP contribution in [0.3, 0.4) is 0 Å². The van der Waals surface area contributed by atoms with Crippen LogP contribution < -0.4 is 0 Å². The first kappa shape index (κ1) is 24.4. The van der Waals surface area contributed by atoms with E-state index in [1.54, 1.807) is 12.3 Å². The molecule has 1 fully saturated rings. The molecule has 0 bridgehead atoms. The number of oxime groups is 1. The quantitative estimate of drug-likeness (QED) is 0.321. The number of hydrogen-bond acceptors (Lipinski definition) is 4. The highest BCUT2D eigenvalue weighted by Gasteiger charge is 2.27. The van der Waals surface area contributed by atoms with E-state index in [1.807, 2.05) is 49.4 Å². The zero-order chi connectivity index (χ0) is 25.1. The summed E-state index contributed by atoms with van der Waals surface area (Å²) in [4.78, 5) is 23.6. The zero-order valence-corrected chi connectivity index (χ0v) is 21.0. The Labute approximate surface area is 212 Å². The van der Waals surface area contributed by atoms with Gasteiger partial charge < -0.3 is 4.84 Å². The molecule has 0 amide bonds. The second-order valence-electron chi connectivity index (χ2n) is 10.4. The normalized spacial score (nSPS) is 19.0. The Balaban J connectivity index is 1.45. The predicted octanol–water partition coefficient (Wildman–Crippen LogP) is 7.85. The number of hydrogen-bond donors (Lipinski definition) is 0. The van der Waals surface area contributed by atoms with Crippen LogP contribution in [0.1, 0.15) is 85.2 Å². The molecule has 1 unspecified atom stereocenters. The number of nitrogens with zero attached hydrogens (tertiary/aromatic N) is 2. The maximum atomic E-state index is 15.0. The molecule has 5 heteroatoms. The van der Waals surface area contributed by atoms with E-state index >= 15 is 0 Å². The van der Waals surface area contributed by atoms with Crippen molar-refractivity contribution < 1.29 is 14.0 Å². The molecule has 0 spiro atoms. The fourth-order valence-corrected chi connectivity index (χ4v) is 5.52. The Hall–Kier alpha value is -3.34. The summed E-state index contributed by atoms with van der Waals surface area (Å²) in [6.07, 6.45) is 8.74. The summed E-state index contributed by atoms with van der Waals surface area (Å²) in [5.41, 5.74) is 4.98. The summed E-state index contributed by atoms with van der Waals surface area (Å²) in [6, 6.07) is 16.6. The average molecular weight is 485 g/mol. The summed E-state index contributed by atoms with van der Waals surface area (Å²) < 4.78 is 15.0. The van der Waals surface area contributed by atoms with Gasteiger partial charge in [0.15, 0.2) is 11.9 Å². The Morgan fingerprint density at radius 3 is 2.61 bits per heavy atom. The van der Waals surface area contributed by atoms with Gasteiger partial charge in [-0.25, -0.2) is 4.39 Å². The lowest BCUT2D eigenvalue weighted by Gasteiger charge is -2.27. The van der Waals surface area contributed by atoms with Crippen LogP contribution in [0.4, 0.5) is 4.39 Å². The van der Waals surface area contributed by atoms with Crippen LogP contribution in [0, 0.1) is 24.6 Å². The van der Waals surface area contributed by atoms with Crippen molar-refractivity contribution in [3.63, 3.8) is 0 Å². The Kier molecular flexibility index (Phi) is 7.26. The second-order valence-corrected chi connectivity index (χ2v) is 10.4. The maximum Gasteiger partial charge on any atom is 0.174 e. The third-order valence-electron chi connectivity index (χ3n) is 7.67. The third kappa shape index (κ3) is 5.40. The van der Waals surface area contributed by atoms with E-state index in [2.05, 4.69) is 17.1 Å². The van der Waals surface area contributed by atoms with Crippen molar-refractivity contribution in [1.82, 2.24) is 4.98 Å². The molecule has 2 atom stereocenters. The minimum absolute atomic E-state index is 0.101. The van der Waals surface area contributed by atoms with Crippen molar-refractivity contribution in [3.8, 4) is 11.1 Å². The van der Waals surface area contributed by atoms with Gasteiger partial charge in [0.25, 0.3) is 0 Å². The molecule has 2 heterocycles. The van der Waals surface area contributed by atoms with Gasteiger partial charge in [-0.3, -0.25) is 9.78 Å². The molecule has 1 aliphatic heterocycles. The van der Waals surface area contributed by atoms with E-state index in [1.165, 1.54) is 38.2 Å². The molecule has 36 heavy (non-hydrogen) atoms. The number of pyridine rings is 1. The fourth-order valence-electron chi connectivity index (χ4n) is 5.52. The SMILES string of the molecule is Cc1ccc(-c2cc(C(=O)C[C@H](C)C3CCCCC3)cc(C3=NOC(c4ccccn4)C3)c2)c(F)c1. The van der Waals surface area contributed by atoms with Crippen molar-refractivity contribution in [3.05, 3.63) is 89.0 Å². The van der Waals surface area contributed by atoms with E-state index in [9.17, 15) is 9.18 Å². The van der Waals surface area contributed by atoms with Crippen LogP contribution in [-0.4, -0.2) is 16.5 Å². The smallest absolute Gasteiger partial charge is 0.174 e. The van der Waals surface area contributed by atoms with Gasteiger partial charge in [0.05, 0.1) is 11.4 Å². The lowest BCUT2D eigenvalue weighted by Crippen LogP contribution is -2.18. The minimum atomic E-state index is -0.294. The molecule has 4 nitrogen and oxygen atoms in total. The summed E-state index contributed by atoms with van der Waals surface area (Å²) in [5, 5.41) is 4.34. The van der Waals surface area contributed by atoms with Crippen molar-refractivity contribution in [2.45, 2.75) is 64.9 Å². The Morgan fingerprint density at radius 2 is 1.86 bits per heavy atom. The monoisotopic (exact) mass is 484 g/mol. The van der Waals surface area contributed by atoms with Crippen molar-refractivity contribution in [2.24, 2.45) is 17.0 Å². The van der Waals surface area contributed by atoms with Crippen LogP contribution in [0.15, 0.2) is 65.9 Å².